The molecule has 7 nitrogen and oxygen atoms in total. The van der Waals surface area contributed by atoms with Crippen molar-refractivity contribution >= 4 is 17.5 Å². The van der Waals surface area contributed by atoms with E-state index in [1.807, 2.05) is 0 Å². The Balaban J connectivity index is 1.56. The number of anilines is 1. The fourth-order valence-corrected chi connectivity index (χ4v) is 2.81. The summed E-state index contributed by atoms with van der Waals surface area (Å²) in [6.07, 6.45) is 0.579. The normalized spacial score (nSPS) is 17.2. The average molecular weight is 346 g/mol. The van der Waals surface area contributed by atoms with Crippen LogP contribution in [-0.4, -0.2) is 35.0 Å². The van der Waals surface area contributed by atoms with E-state index in [4.69, 9.17) is 4.52 Å². The van der Waals surface area contributed by atoms with Gasteiger partial charge in [-0.2, -0.15) is 4.98 Å². The molecule has 2 aromatic rings. The molecule has 0 aliphatic carbocycles. The van der Waals surface area contributed by atoms with Gasteiger partial charge >= 0.3 is 0 Å². The second-order valence-electron chi connectivity index (χ2n) is 6.12. The third kappa shape index (κ3) is 3.84. The van der Waals surface area contributed by atoms with Gasteiger partial charge in [-0.05, 0) is 37.6 Å². The minimum Gasteiger partial charge on any atom is -0.355 e. The highest BCUT2D eigenvalue weighted by Gasteiger charge is 2.35. The van der Waals surface area contributed by atoms with Gasteiger partial charge in [-0.3, -0.25) is 9.59 Å². The summed E-state index contributed by atoms with van der Waals surface area (Å²) in [4.78, 5) is 30.1. The van der Waals surface area contributed by atoms with Gasteiger partial charge in [-0.1, -0.05) is 5.16 Å². The lowest BCUT2D eigenvalue weighted by Crippen LogP contribution is -2.34. The summed E-state index contributed by atoms with van der Waals surface area (Å²) in [5.74, 6) is -0.0653. The van der Waals surface area contributed by atoms with E-state index < -0.39 is 5.92 Å². The van der Waals surface area contributed by atoms with Gasteiger partial charge in [0.15, 0.2) is 5.82 Å². The minimum absolute atomic E-state index is 0.140. The zero-order chi connectivity index (χ0) is 18.0. The predicted molar refractivity (Wildman–Crippen MR) is 87.3 cm³/mol. The van der Waals surface area contributed by atoms with Crippen molar-refractivity contribution in [3.63, 3.8) is 0 Å². The predicted octanol–water partition coefficient (Wildman–Crippen LogP) is 1.54. The number of halogens is 1. The van der Waals surface area contributed by atoms with Crippen LogP contribution in [0.15, 0.2) is 22.7 Å². The van der Waals surface area contributed by atoms with E-state index >= 15 is 0 Å². The minimum atomic E-state index is -0.428. The monoisotopic (exact) mass is 346 g/mol. The highest BCUT2D eigenvalue weighted by molar-refractivity contribution is 6.00. The van der Waals surface area contributed by atoms with Gasteiger partial charge in [-0.25, -0.2) is 4.39 Å². The molecule has 1 aromatic carbocycles. The zero-order valence-corrected chi connectivity index (χ0v) is 14.1. The van der Waals surface area contributed by atoms with Gasteiger partial charge in [0.05, 0.1) is 5.92 Å². The van der Waals surface area contributed by atoms with Crippen LogP contribution in [-0.2, 0) is 16.0 Å². The van der Waals surface area contributed by atoms with E-state index in [-0.39, 0.29) is 30.6 Å². The Kier molecular flexibility index (Phi) is 4.78. The van der Waals surface area contributed by atoms with E-state index in [9.17, 15) is 14.0 Å². The fraction of sp³-hybridized carbons (Fsp3) is 0.412. The van der Waals surface area contributed by atoms with Crippen molar-refractivity contribution in [1.82, 2.24) is 15.5 Å². The number of hydrogen-bond acceptors (Lipinski definition) is 5. The Morgan fingerprint density at radius 2 is 2.24 bits per heavy atom. The van der Waals surface area contributed by atoms with Crippen molar-refractivity contribution in [3.8, 4) is 0 Å². The molecule has 0 spiro atoms. The molecule has 1 N–H and O–H groups in total. The van der Waals surface area contributed by atoms with Crippen LogP contribution < -0.4 is 10.2 Å². The standard InChI is InChI=1S/C17H19FN4O3/c1-10-7-13(3-4-14(10)18)22-9-12(8-16(22)23)17(24)19-6-5-15-20-11(2)21-25-15/h3-4,7,12H,5-6,8-9H2,1-2H3,(H,19,24)/t12-/m1/s1. The number of aryl methyl sites for hydroxylation is 2. The Hall–Kier alpha value is -2.77. The molecule has 25 heavy (non-hydrogen) atoms. The van der Waals surface area contributed by atoms with E-state index in [0.29, 0.717) is 35.9 Å². The molecule has 1 atom stereocenters. The SMILES string of the molecule is Cc1noc(CCNC(=O)[C@@H]2CC(=O)N(c3ccc(F)c(C)c3)C2)n1. The molecule has 0 bridgehead atoms. The van der Waals surface area contributed by atoms with Crippen LogP contribution in [0, 0.1) is 25.6 Å². The molecule has 8 heteroatoms. The number of aromatic nitrogens is 2. The summed E-state index contributed by atoms with van der Waals surface area (Å²) in [5, 5.41) is 6.47. The van der Waals surface area contributed by atoms with Crippen LogP contribution in [0.1, 0.15) is 23.7 Å². The van der Waals surface area contributed by atoms with Crippen molar-refractivity contribution in [1.29, 1.82) is 0 Å². The number of nitrogens with zero attached hydrogens (tertiary/aromatic N) is 3. The molecule has 1 fully saturated rings. The summed E-state index contributed by atoms with van der Waals surface area (Å²) < 4.78 is 18.4. The Bertz CT molecular complexity index is 805. The Morgan fingerprint density at radius 3 is 2.92 bits per heavy atom. The van der Waals surface area contributed by atoms with Gasteiger partial charge in [0.1, 0.15) is 5.82 Å². The fourth-order valence-electron chi connectivity index (χ4n) is 2.81. The molecule has 2 amide bonds. The molecule has 2 heterocycles. The average Bonchev–Trinajstić information content (AvgIpc) is 3.16. The molecular formula is C17H19FN4O3. The largest absolute Gasteiger partial charge is 0.355 e. The summed E-state index contributed by atoms with van der Waals surface area (Å²) in [6, 6.07) is 4.50. The van der Waals surface area contributed by atoms with Gasteiger partial charge in [0.2, 0.25) is 17.7 Å². The second kappa shape index (κ2) is 7.00. The molecule has 1 aliphatic heterocycles. The van der Waals surface area contributed by atoms with E-state index in [2.05, 4.69) is 15.5 Å². The number of carbonyl (C=O) groups excluding carboxylic acids is 2. The lowest BCUT2D eigenvalue weighted by Gasteiger charge is -2.17. The molecular weight excluding hydrogens is 327 g/mol. The first kappa shape index (κ1) is 17.1. The van der Waals surface area contributed by atoms with Crippen LogP contribution >= 0.6 is 0 Å². The van der Waals surface area contributed by atoms with Gasteiger partial charge in [-0.15, -0.1) is 0 Å². The van der Waals surface area contributed by atoms with E-state index in [1.165, 1.54) is 11.0 Å². The number of hydrogen-bond donors (Lipinski definition) is 1. The van der Waals surface area contributed by atoms with Crippen molar-refractivity contribution in [2.24, 2.45) is 5.92 Å². The maximum atomic E-state index is 13.4. The topological polar surface area (TPSA) is 88.3 Å². The molecule has 3 rings (SSSR count). The first-order valence-electron chi connectivity index (χ1n) is 8.07. The van der Waals surface area contributed by atoms with Crippen LogP contribution in [0.4, 0.5) is 10.1 Å². The summed E-state index contributed by atoms with van der Waals surface area (Å²) in [5.41, 5.74) is 1.08. The number of nitrogens with one attached hydrogen (secondary N) is 1. The molecule has 0 saturated carbocycles. The Labute approximate surface area is 144 Å². The molecule has 0 radical (unpaired) electrons. The van der Waals surface area contributed by atoms with Crippen molar-refractivity contribution in [2.45, 2.75) is 26.7 Å². The molecule has 1 aliphatic rings. The highest BCUT2D eigenvalue weighted by atomic mass is 19.1. The molecule has 0 unspecified atom stereocenters. The lowest BCUT2D eigenvalue weighted by atomic mass is 10.1. The van der Waals surface area contributed by atoms with E-state index in [0.717, 1.165) is 0 Å². The Morgan fingerprint density at radius 1 is 1.44 bits per heavy atom. The maximum absolute atomic E-state index is 13.4. The highest BCUT2D eigenvalue weighted by Crippen LogP contribution is 2.26. The van der Waals surface area contributed by atoms with Crippen LogP contribution in [0.3, 0.4) is 0 Å². The summed E-state index contributed by atoms with van der Waals surface area (Å²) in [6.45, 7) is 4.01. The van der Waals surface area contributed by atoms with Crippen molar-refractivity contribution in [3.05, 3.63) is 41.3 Å². The number of benzene rings is 1. The van der Waals surface area contributed by atoms with Crippen LogP contribution in [0.2, 0.25) is 0 Å². The number of carbonyl (C=O) groups is 2. The number of amides is 2. The van der Waals surface area contributed by atoms with Gasteiger partial charge in [0.25, 0.3) is 0 Å². The smallest absolute Gasteiger partial charge is 0.228 e. The third-order valence-electron chi connectivity index (χ3n) is 4.16. The van der Waals surface area contributed by atoms with Crippen LogP contribution in [0.25, 0.3) is 0 Å². The first-order valence-corrected chi connectivity index (χ1v) is 8.07. The molecule has 1 aromatic heterocycles. The first-order chi connectivity index (χ1) is 11.9. The quantitative estimate of drug-likeness (QED) is 0.887. The van der Waals surface area contributed by atoms with Crippen molar-refractivity contribution < 1.29 is 18.5 Å². The van der Waals surface area contributed by atoms with Crippen molar-refractivity contribution in [2.75, 3.05) is 18.0 Å². The number of rotatable bonds is 5. The summed E-state index contributed by atoms with van der Waals surface area (Å²) >= 11 is 0. The van der Waals surface area contributed by atoms with E-state index in [1.54, 1.807) is 26.0 Å². The summed E-state index contributed by atoms with van der Waals surface area (Å²) in [7, 11) is 0. The second-order valence-corrected chi connectivity index (χ2v) is 6.12. The third-order valence-corrected chi connectivity index (χ3v) is 4.16. The molecule has 1 saturated heterocycles. The maximum Gasteiger partial charge on any atom is 0.228 e. The van der Waals surface area contributed by atoms with Gasteiger partial charge in [0, 0.05) is 31.6 Å². The molecule has 132 valence electrons. The van der Waals surface area contributed by atoms with Gasteiger partial charge < -0.3 is 14.7 Å². The van der Waals surface area contributed by atoms with Crippen LogP contribution in [0.5, 0.6) is 0 Å². The lowest BCUT2D eigenvalue weighted by molar-refractivity contribution is -0.126. The zero-order valence-electron chi connectivity index (χ0n) is 14.1.